The Balaban J connectivity index is 0. The Morgan fingerprint density at radius 2 is 1.61 bits per heavy atom. The van der Waals surface area contributed by atoms with Crippen LogP contribution in [-0.2, 0) is 11.0 Å². The van der Waals surface area contributed by atoms with Gasteiger partial charge in [-0.25, -0.2) is 0 Å². The zero-order valence-corrected chi connectivity index (χ0v) is 14.5. The first-order valence-electron chi connectivity index (χ1n) is 7.45. The number of benzene rings is 1. The molecule has 0 bridgehead atoms. The number of rotatable bonds is 3. The zero-order valence-electron chi connectivity index (χ0n) is 14.5. The van der Waals surface area contributed by atoms with Crippen LogP contribution < -0.4 is 5.32 Å². The molecule has 0 heterocycles. The monoisotopic (exact) mass is 330 g/mol. The van der Waals surface area contributed by atoms with Crippen LogP contribution in [0.5, 0.6) is 0 Å². The lowest BCUT2D eigenvalue weighted by molar-refractivity contribution is -0.137. The van der Waals surface area contributed by atoms with Crippen molar-refractivity contribution in [3.8, 4) is 6.07 Å². The minimum absolute atomic E-state index is 0.00340. The van der Waals surface area contributed by atoms with Crippen LogP contribution in [0.3, 0.4) is 0 Å². The van der Waals surface area contributed by atoms with E-state index in [-0.39, 0.29) is 12.1 Å². The maximum absolute atomic E-state index is 12.4. The number of nitriles is 1. The lowest BCUT2D eigenvalue weighted by Gasteiger charge is -2.09. The summed E-state index contributed by atoms with van der Waals surface area (Å²) < 4.78 is 37.2. The normalized spacial score (nSPS) is 10.0. The maximum Gasteiger partial charge on any atom is 0.417 e. The number of carbonyl (C=O) groups is 1. The maximum atomic E-state index is 12.4. The van der Waals surface area contributed by atoms with E-state index in [1.165, 1.54) is 12.1 Å². The van der Waals surface area contributed by atoms with Gasteiger partial charge in [0.25, 0.3) is 0 Å². The Kier molecular flexibility index (Phi) is 11.6. The molecule has 0 spiro atoms. The molecule has 1 aromatic rings. The molecular weight excluding hydrogens is 305 g/mol. The number of amides is 1. The highest BCUT2D eigenvalue weighted by Gasteiger charge is 2.33. The van der Waals surface area contributed by atoms with E-state index in [1.807, 2.05) is 13.8 Å². The molecule has 1 rings (SSSR count). The summed E-state index contributed by atoms with van der Waals surface area (Å²) in [4.78, 5) is 10.0. The van der Waals surface area contributed by atoms with Crippen LogP contribution in [0.1, 0.15) is 52.7 Å². The van der Waals surface area contributed by atoms with Crippen molar-refractivity contribution in [3.05, 3.63) is 29.3 Å². The molecule has 6 heteroatoms. The lowest BCUT2D eigenvalue weighted by atomic mass is 10.0. The SMILES string of the molecule is CC.CC(C)C(C)C.N#Cc1ccc(NC=O)cc1C(F)(F)F. The predicted molar refractivity (Wildman–Crippen MR) is 86.9 cm³/mol. The molecule has 0 saturated carbocycles. The van der Waals surface area contributed by atoms with Crippen molar-refractivity contribution in [1.82, 2.24) is 0 Å². The molecule has 0 fully saturated rings. The van der Waals surface area contributed by atoms with Crippen LogP contribution in [0.25, 0.3) is 0 Å². The molecule has 0 atom stereocenters. The van der Waals surface area contributed by atoms with Crippen LogP contribution in [0.4, 0.5) is 18.9 Å². The number of nitrogens with zero attached hydrogens (tertiary/aromatic N) is 1. The van der Waals surface area contributed by atoms with Crippen molar-refractivity contribution in [3.63, 3.8) is 0 Å². The molecule has 1 amide bonds. The number of anilines is 1. The summed E-state index contributed by atoms with van der Waals surface area (Å²) in [6.45, 7) is 13.0. The summed E-state index contributed by atoms with van der Waals surface area (Å²) in [5, 5.41) is 10.5. The van der Waals surface area contributed by atoms with Gasteiger partial charge in [-0.15, -0.1) is 0 Å². The molecule has 0 aromatic heterocycles. The Labute approximate surface area is 136 Å². The standard InChI is InChI=1S/C9H5F3N2O.C6H14.C2H6/c10-9(11,12)8-3-7(14-5-15)2-1-6(8)4-13;1-5(2)6(3)4;1-2/h1-3,5H,(H,14,15);5-6H,1-4H3;1-2H3. The fraction of sp³-hybridized carbons (Fsp3) is 0.529. The molecule has 3 nitrogen and oxygen atoms in total. The number of halogens is 3. The van der Waals surface area contributed by atoms with Gasteiger partial charge in [0.05, 0.1) is 17.2 Å². The van der Waals surface area contributed by atoms with Gasteiger partial charge < -0.3 is 5.32 Å². The van der Waals surface area contributed by atoms with Gasteiger partial charge in [-0.05, 0) is 30.0 Å². The molecule has 0 radical (unpaired) electrons. The fourth-order valence-corrected chi connectivity index (χ4v) is 1.03. The summed E-state index contributed by atoms with van der Waals surface area (Å²) >= 11 is 0. The van der Waals surface area contributed by atoms with Crippen molar-refractivity contribution in [2.45, 2.75) is 47.7 Å². The molecule has 1 N–H and O–H groups in total. The topological polar surface area (TPSA) is 52.9 Å². The zero-order chi connectivity index (χ0) is 18.6. The predicted octanol–water partition coefficient (Wildman–Crippen LogP) is 5.47. The van der Waals surface area contributed by atoms with E-state index in [9.17, 15) is 18.0 Å². The minimum Gasteiger partial charge on any atom is -0.329 e. The molecule has 23 heavy (non-hydrogen) atoms. The molecule has 0 aliphatic heterocycles. The summed E-state index contributed by atoms with van der Waals surface area (Å²) in [6, 6.07) is 4.38. The van der Waals surface area contributed by atoms with Crippen LogP contribution in [0.2, 0.25) is 0 Å². The molecule has 0 aliphatic rings. The van der Waals surface area contributed by atoms with Crippen LogP contribution in [0.15, 0.2) is 18.2 Å². The second-order valence-electron chi connectivity index (χ2n) is 5.12. The van der Waals surface area contributed by atoms with Gasteiger partial charge in [-0.2, -0.15) is 18.4 Å². The third kappa shape index (κ3) is 9.56. The number of hydrogen-bond acceptors (Lipinski definition) is 2. The third-order valence-electron chi connectivity index (χ3n) is 3.00. The highest BCUT2D eigenvalue weighted by molar-refractivity contribution is 5.72. The van der Waals surface area contributed by atoms with Gasteiger partial charge in [-0.3, -0.25) is 4.79 Å². The van der Waals surface area contributed by atoms with E-state index >= 15 is 0 Å². The number of alkyl halides is 3. The average molecular weight is 330 g/mol. The van der Waals surface area contributed by atoms with Crippen molar-refractivity contribution in [2.24, 2.45) is 11.8 Å². The van der Waals surface area contributed by atoms with Crippen molar-refractivity contribution >= 4 is 12.1 Å². The fourth-order valence-electron chi connectivity index (χ4n) is 1.03. The highest BCUT2D eigenvalue weighted by Crippen LogP contribution is 2.33. The van der Waals surface area contributed by atoms with E-state index in [2.05, 4.69) is 33.0 Å². The molecule has 0 saturated heterocycles. The first-order valence-corrected chi connectivity index (χ1v) is 7.45. The number of carbonyl (C=O) groups excluding carboxylic acids is 1. The van der Waals surface area contributed by atoms with Crippen LogP contribution in [0, 0.1) is 23.2 Å². The van der Waals surface area contributed by atoms with Gasteiger partial charge >= 0.3 is 6.18 Å². The third-order valence-corrected chi connectivity index (χ3v) is 3.00. The first kappa shape index (κ1) is 23.2. The van der Waals surface area contributed by atoms with E-state index in [0.717, 1.165) is 17.9 Å². The average Bonchev–Trinajstić information content (AvgIpc) is 2.49. The second-order valence-corrected chi connectivity index (χ2v) is 5.12. The molecular formula is C17H25F3N2O. The van der Waals surface area contributed by atoms with E-state index in [0.29, 0.717) is 6.07 Å². The molecule has 130 valence electrons. The molecule has 0 unspecified atom stereocenters. The summed E-state index contributed by atoms with van der Waals surface area (Å²) in [6.07, 6.45) is -4.34. The van der Waals surface area contributed by atoms with Crippen LogP contribution in [-0.4, -0.2) is 6.41 Å². The summed E-state index contributed by atoms with van der Waals surface area (Å²) in [5.41, 5.74) is -1.54. The summed E-state index contributed by atoms with van der Waals surface area (Å²) in [5.74, 6) is 1.70. The smallest absolute Gasteiger partial charge is 0.329 e. The van der Waals surface area contributed by atoms with E-state index in [4.69, 9.17) is 5.26 Å². The Hall–Kier alpha value is -2.03. The van der Waals surface area contributed by atoms with Crippen LogP contribution >= 0.6 is 0 Å². The Morgan fingerprint density at radius 3 is 1.91 bits per heavy atom. The summed E-state index contributed by atoms with van der Waals surface area (Å²) in [7, 11) is 0. The van der Waals surface area contributed by atoms with E-state index in [1.54, 1.807) is 0 Å². The number of nitrogens with one attached hydrogen (secondary N) is 1. The second kappa shape index (κ2) is 11.5. The Bertz CT molecular complexity index is 498. The quantitative estimate of drug-likeness (QED) is 0.747. The van der Waals surface area contributed by atoms with Crippen molar-refractivity contribution in [2.75, 3.05) is 5.32 Å². The van der Waals surface area contributed by atoms with Crippen molar-refractivity contribution < 1.29 is 18.0 Å². The van der Waals surface area contributed by atoms with Gasteiger partial charge in [-0.1, -0.05) is 41.5 Å². The molecule has 0 aliphatic carbocycles. The highest BCUT2D eigenvalue weighted by atomic mass is 19.4. The van der Waals surface area contributed by atoms with Gasteiger partial charge in [0.1, 0.15) is 0 Å². The Morgan fingerprint density at radius 1 is 1.13 bits per heavy atom. The van der Waals surface area contributed by atoms with Gasteiger partial charge in [0, 0.05) is 5.69 Å². The van der Waals surface area contributed by atoms with Gasteiger partial charge in [0.2, 0.25) is 6.41 Å². The molecule has 1 aromatic carbocycles. The largest absolute Gasteiger partial charge is 0.417 e. The first-order chi connectivity index (χ1) is 10.6. The van der Waals surface area contributed by atoms with E-state index < -0.39 is 17.3 Å². The van der Waals surface area contributed by atoms with Gasteiger partial charge in [0.15, 0.2) is 0 Å². The number of hydrogen-bond donors (Lipinski definition) is 1. The van der Waals surface area contributed by atoms with Crippen molar-refractivity contribution in [1.29, 1.82) is 5.26 Å². The minimum atomic E-state index is -4.61. The lowest BCUT2D eigenvalue weighted by Crippen LogP contribution is -2.08.